The average molecular weight is 275 g/mol. The highest BCUT2D eigenvalue weighted by Gasteiger charge is 2.53. The molecule has 1 amide bonds. The summed E-state index contributed by atoms with van der Waals surface area (Å²) in [6.45, 7) is 0. The number of rotatable bonds is 5. The molecule has 1 N–H and O–H groups in total. The maximum absolute atomic E-state index is 11.9. The van der Waals surface area contributed by atoms with Crippen LogP contribution in [0.5, 0.6) is 5.75 Å². The number of methoxy groups -OCH3 is 1. The molecule has 1 aliphatic rings. The molecule has 1 fully saturated rings. The summed E-state index contributed by atoms with van der Waals surface area (Å²) in [5.41, 5.74) is 0.532. The third kappa shape index (κ3) is 2.69. The van der Waals surface area contributed by atoms with Crippen LogP contribution in [0.3, 0.4) is 0 Å². The van der Waals surface area contributed by atoms with Crippen molar-refractivity contribution in [3.63, 3.8) is 0 Å². The van der Waals surface area contributed by atoms with Crippen LogP contribution in [0.25, 0.3) is 0 Å². The molecule has 0 heterocycles. The van der Waals surface area contributed by atoms with E-state index in [1.807, 2.05) is 6.07 Å². The quantitative estimate of drug-likeness (QED) is 0.638. The Labute approximate surface area is 115 Å². The summed E-state index contributed by atoms with van der Waals surface area (Å²) in [4.78, 5) is 21.9. The zero-order valence-electron chi connectivity index (χ0n) is 10.8. The molecule has 0 bridgehead atoms. The number of carbonyl (C=O) groups is 1. The second-order valence-corrected chi connectivity index (χ2v) is 4.51. The van der Waals surface area contributed by atoms with E-state index in [4.69, 9.17) is 4.74 Å². The van der Waals surface area contributed by atoms with Crippen molar-refractivity contribution in [2.75, 3.05) is 7.11 Å². The fourth-order valence-corrected chi connectivity index (χ4v) is 2.03. The third-order valence-electron chi connectivity index (χ3n) is 3.23. The molecular weight excluding hydrogens is 262 g/mol. The Morgan fingerprint density at radius 3 is 2.85 bits per heavy atom. The molecule has 0 aliphatic heterocycles. The predicted octanol–water partition coefficient (Wildman–Crippen LogP) is 1.04. The average Bonchev–Trinajstić information content (AvgIpc) is 3.25. The molecule has 1 aromatic rings. The molecule has 1 aromatic carbocycles. The van der Waals surface area contributed by atoms with Gasteiger partial charge in [0.25, 0.3) is 0 Å². The second-order valence-electron chi connectivity index (χ2n) is 4.51. The highest BCUT2D eigenvalue weighted by atomic mass is 16.6. The molecule has 1 aliphatic carbocycles. The molecule has 20 heavy (non-hydrogen) atoms. The monoisotopic (exact) mass is 275 g/mol. The smallest absolute Gasteiger partial charge is 0.231 e. The van der Waals surface area contributed by atoms with E-state index in [-0.39, 0.29) is 6.42 Å². The number of ether oxygens (including phenoxy) is 1. The van der Waals surface area contributed by atoms with Crippen molar-refractivity contribution in [3.05, 3.63) is 39.9 Å². The molecule has 0 unspecified atom stereocenters. The van der Waals surface area contributed by atoms with Crippen LogP contribution in [0.15, 0.2) is 24.3 Å². The van der Waals surface area contributed by atoms with Crippen LogP contribution < -0.4 is 10.1 Å². The minimum atomic E-state index is -0.883. The Bertz CT molecular complexity index is 581. The van der Waals surface area contributed by atoms with E-state index < -0.39 is 28.8 Å². The van der Waals surface area contributed by atoms with Gasteiger partial charge in [-0.2, -0.15) is 5.26 Å². The van der Waals surface area contributed by atoms with Gasteiger partial charge in [0, 0.05) is 16.9 Å². The van der Waals surface area contributed by atoms with E-state index >= 15 is 0 Å². The van der Waals surface area contributed by atoms with Crippen LogP contribution in [0.1, 0.15) is 18.0 Å². The van der Waals surface area contributed by atoms with Gasteiger partial charge in [-0.3, -0.25) is 14.9 Å². The first-order valence-corrected chi connectivity index (χ1v) is 6.05. The lowest BCUT2D eigenvalue weighted by atomic mass is 10.1. The normalized spacial score (nSPS) is 21.4. The van der Waals surface area contributed by atoms with Crippen LogP contribution in [-0.4, -0.2) is 24.0 Å². The lowest BCUT2D eigenvalue weighted by Crippen LogP contribution is -2.30. The number of carbonyl (C=O) groups excluding carboxylic acids is 1. The zero-order chi connectivity index (χ0) is 14.7. The van der Waals surface area contributed by atoms with Crippen LogP contribution in [0.2, 0.25) is 0 Å². The fourth-order valence-electron chi connectivity index (χ4n) is 2.03. The van der Waals surface area contributed by atoms with Crippen LogP contribution in [0, 0.1) is 27.4 Å². The van der Waals surface area contributed by atoms with E-state index in [1.54, 1.807) is 24.3 Å². The van der Waals surface area contributed by atoms with E-state index in [9.17, 15) is 20.2 Å². The van der Waals surface area contributed by atoms with Crippen molar-refractivity contribution in [1.29, 1.82) is 5.26 Å². The van der Waals surface area contributed by atoms with E-state index in [1.165, 1.54) is 7.11 Å². The lowest BCUT2D eigenvalue weighted by Gasteiger charge is -2.14. The predicted molar refractivity (Wildman–Crippen MR) is 68.4 cm³/mol. The Balaban J connectivity index is 2.09. The Hall–Kier alpha value is -2.62. The maximum Gasteiger partial charge on any atom is 0.231 e. The van der Waals surface area contributed by atoms with Gasteiger partial charge in [0.1, 0.15) is 17.7 Å². The summed E-state index contributed by atoms with van der Waals surface area (Å²) in [6.07, 6.45) is 0.225. The standard InChI is InChI=1S/C13H13N3O4/c1-20-12-5-3-2-4-8(12)10(7-14)15-13(17)9-6-11(9)16(18)19/h2-5,9-11H,6H2,1H3,(H,15,17)/t9-,10-,11+/m0/s1. The summed E-state index contributed by atoms with van der Waals surface area (Å²) >= 11 is 0. The summed E-state index contributed by atoms with van der Waals surface area (Å²) in [5.74, 6) is -0.624. The van der Waals surface area contributed by atoms with Crippen molar-refractivity contribution in [3.8, 4) is 11.8 Å². The Kier molecular flexibility index (Phi) is 3.84. The first-order valence-electron chi connectivity index (χ1n) is 6.05. The van der Waals surface area contributed by atoms with Crippen LogP contribution in [0.4, 0.5) is 0 Å². The van der Waals surface area contributed by atoms with Crippen LogP contribution in [-0.2, 0) is 4.79 Å². The maximum atomic E-state index is 11.9. The topological polar surface area (TPSA) is 105 Å². The molecule has 0 saturated heterocycles. The molecule has 7 nitrogen and oxygen atoms in total. The van der Waals surface area contributed by atoms with Crippen molar-refractivity contribution in [2.45, 2.75) is 18.5 Å². The molecule has 104 valence electrons. The Morgan fingerprint density at radius 2 is 2.30 bits per heavy atom. The summed E-state index contributed by atoms with van der Waals surface area (Å²) in [7, 11) is 1.47. The van der Waals surface area contributed by atoms with Gasteiger partial charge in [-0.1, -0.05) is 18.2 Å². The van der Waals surface area contributed by atoms with Gasteiger partial charge in [-0.05, 0) is 6.07 Å². The summed E-state index contributed by atoms with van der Waals surface area (Å²) in [5, 5.41) is 22.2. The number of hydrogen-bond donors (Lipinski definition) is 1. The number of nitrogens with one attached hydrogen (secondary N) is 1. The lowest BCUT2D eigenvalue weighted by molar-refractivity contribution is -0.497. The first-order chi connectivity index (χ1) is 9.58. The minimum Gasteiger partial charge on any atom is -0.496 e. The van der Waals surface area contributed by atoms with Gasteiger partial charge in [0.2, 0.25) is 11.9 Å². The minimum absolute atomic E-state index is 0.225. The van der Waals surface area contributed by atoms with Gasteiger partial charge >= 0.3 is 0 Å². The highest BCUT2D eigenvalue weighted by Crippen LogP contribution is 2.34. The summed E-state index contributed by atoms with van der Waals surface area (Å²) in [6, 6.07) is 7.09. The number of benzene rings is 1. The third-order valence-corrected chi connectivity index (χ3v) is 3.23. The van der Waals surface area contributed by atoms with E-state index in [2.05, 4.69) is 5.32 Å². The van der Waals surface area contributed by atoms with Gasteiger partial charge < -0.3 is 10.1 Å². The molecule has 3 atom stereocenters. The zero-order valence-corrected chi connectivity index (χ0v) is 10.8. The fraction of sp³-hybridized carbons (Fsp3) is 0.385. The van der Waals surface area contributed by atoms with Crippen molar-refractivity contribution < 1.29 is 14.5 Å². The van der Waals surface area contributed by atoms with Gasteiger partial charge in [-0.25, -0.2) is 0 Å². The van der Waals surface area contributed by atoms with E-state index in [0.29, 0.717) is 11.3 Å². The molecular formula is C13H13N3O4. The first kappa shape index (κ1) is 13.8. The van der Waals surface area contributed by atoms with Gasteiger partial charge in [0.15, 0.2) is 0 Å². The number of amides is 1. The number of nitriles is 1. The van der Waals surface area contributed by atoms with Gasteiger partial charge in [0.05, 0.1) is 13.2 Å². The number of hydrogen-bond acceptors (Lipinski definition) is 5. The number of nitro groups is 1. The highest BCUT2D eigenvalue weighted by molar-refractivity contribution is 5.82. The van der Waals surface area contributed by atoms with Crippen molar-refractivity contribution in [2.24, 2.45) is 5.92 Å². The summed E-state index contributed by atoms with van der Waals surface area (Å²) < 4.78 is 5.13. The molecule has 7 heteroatoms. The van der Waals surface area contributed by atoms with Crippen molar-refractivity contribution >= 4 is 5.91 Å². The molecule has 1 saturated carbocycles. The molecule has 0 radical (unpaired) electrons. The molecule has 0 aromatic heterocycles. The van der Waals surface area contributed by atoms with Gasteiger partial charge in [-0.15, -0.1) is 0 Å². The number of para-hydroxylation sites is 1. The molecule has 0 spiro atoms. The molecule has 2 rings (SSSR count). The largest absolute Gasteiger partial charge is 0.496 e. The second kappa shape index (κ2) is 5.57. The SMILES string of the molecule is COc1ccccc1[C@H](C#N)NC(=O)[C@H]1C[C@H]1[N+](=O)[O-]. The Morgan fingerprint density at radius 1 is 1.60 bits per heavy atom. The number of nitrogens with zero attached hydrogens (tertiary/aromatic N) is 2. The van der Waals surface area contributed by atoms with E-state index in [0.717, 1.165) is 0 Å². The van der Waals surface area contributed by atoms with Crippen molar-refractivity contribution in [1.82, 2.24) is 5.32 Å². The van der Waals surface area contributed by atoms with Crippen LogP contribution >= 0.6 is 0 Å².